The molecule has 0 aliphatic carbocycles. The average molecular weight is 238 g/mol. The molecule has 5 heteroatoms. The van der Waals surface area contributed by atoms with Crippen molar-refractivity contribution in [1.29, 1.82) is 0 Å². The molecule has 0 aliphatic rings. The quantitative estimate of drug-likeness (QED) is 0.813. The van der Waals surface area contributed by atoms with Crippen molar-refractivity contribution < 1.29 is 9.90 Å². The lowest BCUT2D eigenvalue weighted by Crippen LogP contribution is -2.24. The number of hydrogen-bond acceptors (Lipinski definition) is 5. The first-order valence-electron chi connectivity index (χ1n) is 4.37. The summed E-state index contributed by atoms with van der Waals surface area (Å²) in [6.07, 6.45) is -0.0568. The van der Waals surface area contributed by atoms with Gasteiger partial charge in [0.2, 0.25) is 0 Å². The second-order valence-corrected chi connectivity index (χ2v) is 5.27. The highest BCUT2D eigenvalue weighted by Gasteiger charge is 2.11. The first-order chi connectivity index (χ1) is 7.16. The number of carbonyl (C=O) groups excluding carboxylic acids is 1. The maximum absolute atomic E-state index is 10.6. The molecule has 78 valence electrons. The molecule has 0 bridgehead atoms. The standard InChI is InChI=1S/C10H9NO2S2/c1-6-11-10(7-3-2-4-14-7)8(15-6)5-9(12)13/h2-4H,5H2,1H3,(H,12,13)/p-1. The molecule has 0 saturated heterocycles. The number of thiophene rings is 1. The number of carboxylic acid groups (broad SMARTS) is 1. The van der Waals surface area contributed by atoms with Gasteiger partial charge in [-0.3, -0.25) is 0 Å². The van der Waals surface area contributed by atoms with E-state index >= 15 is 0 Å². The Morgan fingerprint density at radius 2 is 2.40 bits per heavy atom. The van der Waals surface area contributed by atoms with E-state index in [0.717, 1.165) is 20.5 Å². The number of carboxylic acids is 1. The Kier molecular flexibility index (Phi) is 2.83. The Labute approximate surface area is 95.0 Å². The molecule has 0 amide bonds. The lowest BCUT2D eigenvalue weighted by Gasteiger charge is -2.00. The molecule has 0 aliphatic heterocycles. The predicted octanol–water partition coefficient (Wildman–Crippen LogP) is 1.47. The highest BCUT2D eigenvalue weighted by Crippen LogP contribution is 2.31. The molecular weight excluding hydrogens is 230 g/mol. The lowest BCUT2D eigenvalue weighted by molar-refractivity contribution is -0.304. The Morgan fingerprint density at radius 3 is 3.00 bits per heavy atom. The predicted molar refractivity (Wildman–Crippen MR) is 58.9 cm³/mol. The van der Waals surface area contributed by atoms with Crippen LogP contribution in [0.4, 0.5) is 0 Å². The number of nitrogens with zero attached hydrogens (tertiary/aromatic N) is 1. The second-order valence-electron chi connectivity index (χ2n) is 3.03. The zero-order valence-corrected chi connectivity index (χ0v) is 9.65. The van der Waals surface area contributed by atoms with Gasteiger partial charge in [0.15, 0.2) is 0 Å². The van der Waals surface area contributed by atoms with Gasteiger partial charge >= 0.3 is 0 Å². The van der Waals surface area contributed by atoms with Crippen molar-refractivity contribution in [2.45, 2.75) is 13.3 Å². The minimum atomic E-state index is -1.06. The van der Waals surface area contributed by atoms with Gasteiger partial charge < -0.3 is 9.90 Å². The molecule has 0 saturated carbocycles. The van der Waals surface area contributed by atoms with Crippen LogP contribution in [0.5, 0.6) is 0 Å². The molecule has 3 nitrogen and oxygen atoms in total. The van der Waals surface area contributed by atoms with Crippen molar-refractivity contribution in [2.24, 2.45) is 0 Å². The molecule has 0 radical (unpaired) electrons. The smallest absolute Gasteiger partial charge is 0.0950 e. The molecule has 0 spiro atoms. The third-order valence-electron chi connectivity index (χ3n) is 1.86. The van der Waals surface area contributed by atoms with Gasteiger partial charge in [-0.2, -0.15) is 0 Å². The molecular formula is C10H8NO2S2-. The zero-order valence-electron chi connectivity index (χ0n) is 8.02. The van der Waals surface area contributed by atoms with Crippen LogP contribution in [0.15, 0.2) is 17.5 Å². The zero-order chi connectivity index (χ0) is 10.8. The van der Waals surface area contributed by atoms with Crippen molar-refractivity contribution in [2.75, 3.05) is 0 Å². The van der Waals surface area contributed by atoms with Crippen LogP contribution in [-0.4, -0.2) is 11.0 Å². The molecule has 0 aromatic carbocycles. The topological polar surface area (TPSA) is 53.0 Å². The van der Waals surface area contributed by atoms with Crippen LogP contribution in [-0.2, 0) is 11.2 Å². The van der Waals surface area contributed by atoms with Gasteiger partial charge in [-0.05, 0) is 18.4 Å². The van der Waals surface area contributed by atoms with E-state index in [-0.39, 0.29) is 6.42 Å². The summed E-state index contributed by atoms with van der Waals surface area (Å²) in [6.45, 7) is 1.88. The van der Waals surface area contributed by atoms with Gasteiger partial charge in [0.1, 0.15) is 0 Å². The Hall–Kier alpha value is -1.20. The minimum Gasteiger partial charge on any atom is -0.550 e. The van der Waals surface area contributed by atoms with Gasteiger partial charge in [0, 0.05) is 17.3 Å². The number of rotatable bonds is 3. The van der Waals surface area contributed by atoms with Crippen LogP contribution in [0.3, 0.4) is 0 Å². The molecule has 2 rings (SSSR count). The fourth-order valence-corrected chi connectivity index (χ4v) is 3.07. The third kappa shape index (κ3) is 2.24. The number of aromatic nitrogens is 1. The number of carbonyl (C=O) groups is 1. The third-order valence-corrected chi connectivity index (χ3v) is 3.71. The summed E-state index contributed by atoms with van der Waals surface area (Å²) in [5.41, 5.74) is 0.789. The van der Waals surface area contributed by atoms with Gasteiger partial charge in [-0.25, -0.2) is 4.98 Å². The van der Waals surface area contributed by atoms with Crippen LogP contribution in [0, 0.1) is 6.92 Å². The normalized spacial score (nSPS) is 10.5. The average Bonchev–Trinajstić information content (AvgIpc) is 2.72. The highest BCUT2D eigenvalue weighted by atomic mass is 32.1. The molecule has 0 fully saturated rings. The summed E-state index contributed by atoms with van der Waals surface area (Å²) in [5, 5.41) is 13.4. The van der Waals surface area contributed by atoms with Gasteiger partial charge in [0.05, 0.1) is 15.6 Å². The van der Waals surface area contributed by atoms with Crippen LogP contribution in [0.25, 0.3) is 10.6 Å². The summed E-state index contributed by atoms with van der Waals surface area (Å²) in [6, 6.07) is 3.87. The SMILES string of the molecule is Cc1nc(-c2cccs2)c(CC(=O)[O-])s1. The van der Waals surface area contributed by atoms with E-state index in [1.54, 1.807) is 11.3 Å². The second kappa shape index (κ2) is 4.12. The maximum atomic E-state index is 10.6. The van der Waals surface area contributed by atoms with E-state index in [1.165, 1.54) is 11.3 Å². The van der Waals surface area contributed by atoms with E-state index in [9.17, 15) is 9.90 Å². The van der Waals surface area contributed by atoms with Gasteiger partial charge in [0.25, 0.3) is 0 Å². The summed E-state index contributed by atoms with van der Waals surface area (Å²) >= 11 is 2.98. The van der Waals surface area contributed by atoms with E-state index in [0.29, 0.717) is 0 Å². The first kappa shape index (κ1) is 10.3. The van der Waals surface area contributed by atoms with Crippen molar-refractivity contribution in [3.63, 3.8) is 0 Å². The van der Waals surface area contributed by atoms with Crippen LogP contribution in [0.2, 0.25) is 0 Å². The van der Waals surface area contributed by atoms with E-state index in [4.69, 9.17) is 0 Å². The monoisotopic (exact) mass is 238 g/mol. The molecule has 2 aromatic heterocycles. The van der Waals surface area contributed by atoms with Gasteiger partial charge in [-0.15, -0.1) is 22.7 Å². The number of aliphatic carboxylic acids is 1. The molecule has 0 atom stereocenters. The Morgan fingerprint density at radius 1 is 1.60 bits per heavy atom. The Bertz CT molecular complexity index is 474. The molecule has 2 aromatic rings. The van der Waals surface area contributed by atoms with Crippen molar-refractivity contribution in [1.82, 2.24) is 4.98 Å². The van der Waals surface area contributed by atoms with Crippen molar-refractivity contribution >= 4 is 28.6 Å². The Balaban J connectivity index is 2.42. The summed E-state index contributed by atoms with van der Waals surface area (Å²) in [7, 11) is 0. The van der Waals surface area contributed by atoms with Crippen LogP contribution >= 0.6 is 22.7 Å². The largest absolute Gasteiger partial charge is 0.550 e. The van der Waals surface area contributed by atoms with E-state index in [2.05, 4.69) is 4.98 Å². The summed E-state index contributed by atoms with van der Waals surface area (Å²) < 4.78 is 0. The van der Waals surface area contributed by atoms with Crippen LogP contribution in [0.1, 0.15) is 9.88 Å². The van der Waals surface area contributed by atoms with Crippen LogP contribution < -0.4 is 5.11 Å². The maximum Gasteiger partial charge on any atom is 0.0950 e. The summed E-state index contributed by atoms with van der Waals surface area (Å²) in [5.74, 6) is -1.06. The molecule has 15 heavy (non-hydrogen) atoms. The number of thiazole rings is 1. The summed E-state index contributed by atoms with van der Waals surface area (Å²) in [4.78, 5) is 16.7. The van der Waals surface area contributed by atoms with Crippen molar-refractivity contribution in [3.05, 3.63) is 27.4 Å². The number of hydrogen-bond donors (Lipinski definition) is 0. The van der Waals surface area contributed by atoms with Gasteiger partial charge in [-0.1, -0.05) is 6.07 Å². The fourth-order valence-electron chi connectivity index (χ4n) is 1.33. The molecule has 0 unspecified atom stereocenters. The van der Waals surface area contributed by atoms with Crippen molar-refractivity contribution in [3.8, 4) is 10.6 Å². The molecule has 2 heterocycles. The number of aryl methyl sites for hydroxylation is 1. The highest BCUT2D eigenvalue weighted by molar-refractivity contribution is 7.15. The fraction of sp³-hybridized carbons (Fsp3) is 0.200. The minimum absolute atomic E-state index is 0.0568. The van der Waals surface area contributed by atoms with E-state index in [1.807, 2.05) is 24.4 Å². The van der Waals surface area contributed by atoms with E-state index < -0.39 is 5.97 Å². The lowest BCUT2D eigenvalue weighted by atomic mass is 10.2. The molecule has 0 N–H and O–H groups in total. The first-order valence-corrected chi connectivity index (χ1v) is 6.06.